The topological polar surface area (TPSA) is 79.2 Å². The van der Waals surface area contributed by atoms with E-state index in [9.17, 15) is 9.59 Å². The molecule has 116 valence electrons. The van der Waals surface area contributed by atoms with E-state index in [-0.39, 0.29) is 19.1 Å². The molecule has 0 spiro atoms. The van der Waals surface area contributed by atoms with Crippen LogP contribution in [-0.4, -0.2) is 18.4 Å². The third-order valence-electron chi connectivity index (χ3n) is 3.16. The molecule has 0 aromatic heterocycles. The molecule has 0 bridgehead atoms. The number of hydrogen-bond acceptors (Lipinski definition) is 4. The lowest BCUT2D eigenvalue weighted by Gasteiger charge is -2.07. The number of nitrogens with zero attached hydrogens (tertiary/aromatic N) is 1. The van der Waals surface area contributed by atoms with Gasteiger partial charge in [0.2, 0.25) is 0 Å². The second-order valence-corrected chi connectivity index (χ2v) is 5.02. The van der Waals surface area contributed by atoms with Crippen LogP contribution in [0.3, 0.4) is 0 Å². The molecule has 0 aliphatic carbocycles. The standard InChI is InChI=1S/C18H16N2O3/c1-13-3-2-4-16(9-13)18(22)20-11-17(21)23-12-15-7-5-14(10-19)6-8-15/h2-9H,11-12H2,1H3,(H,20,22). The van der Waals surface area contributed by atoms with Crippen LogP contribution in [0.15, 0.2) is 48.5 Å². The molecule has 0 saturated heterocycles. The summed E-state index contributed by atoms with van der Waals surface area (Å²) in [5.74, 6) is -0.834. The van der Waals surface area contributed by atoms with E-state index in [2.05, 4.69) is 5.32 Å². The van der Waals surface area contributed by atoms with Gasteiger partial charge in [-0.15, -0.1) is 0 Å². The van der Waals surface area contributed by atoms with E-state index >= 15 is 0 Å². The Kier molecular flexibility index (Phi) is 5.48. The van der Waals surface area contributed by atoms with Crippen LogP contribution in [0.2, 0.25) is 0 Å². The van der Waals surface area contributed by atoms with Crippen molar-refractivity contribution in [1.82, 2.24) is 5.32 Å². The van der Waals surface area contributed by atoms with Gasteiger partial charge in [-0.25, -0.2) is 0 Å². The largest absolute Gasteiger partial charge is 0.460 e. The molecule has 2 aromatic carbocycles. The van der Waals surface area contributed by atoms with E-state index in [0.29, 0.717) is 11.1 Å². The van der Waals surface area contributed by atoms with E-state index in [4.69, 9.17) is 10.00 Å². The fourth-order valence-corrected chi connectivity index (χ4v) is 1.93. The zero-order valence-corrected chi connectivity index (χ0v) is 12.7. The maximum absolute atomic E-state index is 11.9. The number of carbonyl (C=O) groups excluding carboxylic acids is 2. The molecule has 23 heavy (non-hydrogen) atoms. The normalized spacial score (nSPS) is 9.74. The number of aryl methyl sites for hydroxylation is 1. The summed E-state index contributed by atoms with van der Waals surface area (Å²) in [6.07, 6.45) is 0. The fourth-order valence-electron chi connectivity index (χ4n) is 1.93. The van der Waals surface area contributed by atoms with Crippen LogP contribution in [0.4, 0.5) is 0 Å². The van der Waals surface area contributed by atoms with E-state index in [0.717, 1.165) is 11.1 Å². The van der Waals surface area contributed by atoms with Crippen molar-refractivity contribution in [3.8, 4) is 6.07 Å². The first-order valence-corrected chi connectivity index (χ1v) is 7.08. The highest BCUT2D eigenvalue weighted by Gasteiger charge is 2.09. The third-order valence-corrected chi connectivity index (χ3v) is 3.16. The Morgan fingerprint density at radius 2 is 1.91 bits per heavy atom. The lowest BCUT2D eigenvalue weighted by Crippen LogP contribution is -2.30. The van der Waals surface area contributed by atoms with Crippen LogP contribution in [0, 0.1) is 18.3 Å². The maximum atomic E-state index is 11.9. The molecule has 5 nitrogen and oxygen atoms in total. The molecule has 2 rings (SSSR count). The summed E-state index contributed by atoms with van der Waals surface area (Å²) < 4.78 is 5.08. The van der Waals surface area contributed by atoms with Gasteiger partial charge >= 0.3 is 5.97 Å². The minimum Gasteiger partial charge on any atom is -0.460 e. The van der Waals surface area contributed by atoms with Gasteiger partial charge < -0.3 is 10.1 Å². The highest BCUT2D eigenvalue weighted by Crippen LogP contribution is 2.05. The molecule has 1 amide bonds. The van der Waals surface area contributed by atoms with Crippen molar-refractivity contribution < 1.29 is 14.3 Å². The molecule has 0 saturated carbocycles. The summed E-state index contributed by atoms with van der Waals surface area (Å²) in [6, 6.07) is 15.9. The Morgan fingerprint density at radius 3 is 2.57 bits per heavy atom. The molecule has 0 aliphatic rings. The van der Waals surface area contributed by atoms with E-state index in [1.54, 1.807) is 42.5 Å². The summed E-state index contributed by atoms with van der Waals surface area (Å²) in [7, 11) is 0. The summed E-state index contributed by atoms with van der Waals surface area (Å²) >= 11 is 0. The van der Waals surface area contributed by atoms with Crippen LogP contribution in [0.1, 0.15) is 27.0 Å². The third kappa shape index (κ3) is 4.97. The Hall–Kier alpha value is -3.13. The van der Waals surface area contributed by atoms with Gasteiger partial charge in [0, 0.05) is 5.56 Å². The van der Waals surface area contributed by atoms with Crippen molar-refractivity contribution in [2.24, 2.45) is 0 Å². The fraction of sp³-hybridized carbons (Fsp3) is 0.167. The van der Waals surface area contributed by atoms with Crippen molar-refractivity contribution in [1.29, 1.82) is 5.26 Å². The second-order valence-electron chi connectivity index (χ2n) is 5.02. The van der Waals surface area contributed by atoms with Gasteiger partial charge in [0.05, 0.1) is 11.6 Å². The zero-order valence-electron chi connectivity index (χ0n) is 12.7. The van der Waals surface area contributed by atoms with Gasteiger partial charge in [0.25, 0.3) is 5.91 Å². The number of amides is 1. The first kappa shape index (κ1) is 16.2. The number of rotatable bonds is 5. The predicted octanol–water partition coefficient (Wildman–Crippen LogP) is 2.34. The predicted molar refractivity (Wildman–Crippen MR) is 84.5 cm³/mol. The van der Waals surface area contributed by atoms with Crippen LogP contribution in [0.25, 0.3) is 0 Å². The SMILES string of the molecule is Cc1cccc(C(=O)NCC(=O)OCc2ccc(C#N)cc2)c1. The van der Waals surface area contributed by atoms with Crippen LogP contribution >= 0.6 is 0 Å². The minimum atomic E-state index is -0.518. The Labute approximate surface area is 134 Å². The number of ether oxygens (including phenoxy) is 1. The molecular formula is C18H16N2O3. The van der Waals surface area contributed by atoms with Crippen LogP contribution in [0.5, 0.6) is 0 Å². The number of benzene rings is 2. The van der Waals surface area contributed by atoms with Crippen LogP contribution in [-0.2, 0) is 16.1 Å². The molecule has 1 N–H and O–H groups in total. The van der Waals surface area contributed by atoms with E-state index < -0.39 is 5.97 Å². The Bertz CT molecular complexity index is 746. The highest BCUT2D eigenvalue weighted by molar-refractivity contribution is 5.96. The lowest BCUT2D eigenvalue weighted by molar-refractivity contribution is -0.143. The van der Waals surface area contributed by atoms with E-state index in [1.165, 1.54) is 0 Å². The van der Waals surface area contributed by atoms with Crippen molar-refractivity contribution in [2.45, 2.75) is 13.5 Å². The second kappa shape index (κ2) is 7.76. The Balaban J connectivity index is 1.78. The van der Waals surface area contributed by atoms with Gasteiger partial charge in [-0.1, -0.05) is 29.8 Å². The quantitative estimate of drug-likeness (QED) is 0.860. The summed E-state index contributed by atoms with van der Waals surface area (Å²) in [5.41, 5.74) is 2.80. The molecule has 2 aromatic rings. The first-order chi connectivity index (χ1) is 11.1. The van der Waals surface area contributed by atoms with Crippen molar-refractivity contribution >= 4 is 11.9 Å². The van der Waals surface area contributed by atoms with Crippen LogP contribution < -0.4 is 5.32 Å². The summed E-state index contributed by atoms with van der Waals surface area (Å²) in [6.45, 7) is 1.80. The number of nitriles is 1. The average Bonchev–Trinajstić information content (AvgIpc) is 2.58. The van der Waals surface area contributed by atoms with Gasteiger partial charge in [-0.05, 0) is 36.8 Å². The molecule has 0 fully saturated rings. The molecule has 0 atom stereocenters. The van der Waals surface area contributed by atoms with Crippen molar-refractivity contribution in [3.05, 3.63) is 70.8 Å². The minimum absolute atomic E-state index is 0.102. The molecule has 0 radical (unpaired) electrons. The van der Waals surface area contributed by atoms with Crippen molar-refractivity contribution in [3.63, 3.8) is 0 Å². The van der Waals surface area contributed by atoms with E-state index in [1.807, 2.05) is 19.1 Å². The number of hydrogen-bond donors (Lipinski definition) is 1. The molecule has 0 heterocycles. The monoisotopic (exact) mass is 308 g/mol. The summed E-state index contributed by atoms with van der Waals surface area (Å²) in [5, 5.41) is 11.2. The number of esters is 1. The Morgan fingerprint density at radius 1 is 1.17 bits per heavy atom. The van der Waals surface area contributed by atoms with Gasteiger partial charge in [0.15, 0.2) is 0 Å². The molecule has 0 unspecified atom stereocenters. The zero-order chi connectivity index (χ0) is 16.7. The summed E-state index contributed by atoms with van der Waals surface area (Å²) in [4.78, 5) is 23.5. The molecule has 0 aliphatic heterocycles. The number of nitrogens with one attached hydrogen (secondary N) is 1. The molecular weight excluding hydrogens is 292 g/mol. The first-order valence-electron chi connectivity index (χ1n) is 7.08. The highest BCUT2D eigenvalue weighted by atomic mass is 16.5. The molecule has 5 heteroatoms. The lowest BCUT2D eigenvalue weighted by atomic mass is 10.1. The van der Waals surface area contributed by atoms with Gasteiger partial charge in [-0.3, -0.25) is 9.59 Å². The smallest absolute Gasteiger partial charge is 0.325 e. The average molecular weight is 308 g/mol. The maximum Gasteiger partial charge on any atom is 0.325 e. The number of carbonyl (C=O) groups is 2. The van der Waals surface area contributed by atoms with Crippen molar-refractivity contribution in [2.75, 3.05) is 6.54 Å². The van der Waals surface area contributed by atoms with Gasteiger partial charge in [-0.2, -0.15) is 5.26 Å². The van der Waals surface area contributed by atoms with Gasteiger partial charge in [0.1, 0.15) is 13.2 Å².